The van der Waals surface area contributed by atoms with Crippen molar-refractivity contribution in [3.63, 3.8) is 0 Å². The summed E-state index contributed by atoms with van der Waals surface area (Å²) in [7, 11) is 2.26. The van der Waals surface area contributed by atoms with Gasteiger partial charge in [-0.05, 0) is 33.0 Å². The van der Waals surface area contributed by atoms with Gasteiger partial charge in [0.05, 0.1) is 0 Å². The zero-order valence-corrected chi connectivity index (χ0v) is 20.9. The van der Waals surface area contributed by atoms with Crippen LogP contribution in [0.3, 0.4) is 0 Å². The van der Waals surface area contributed by atoms with Gasteiger partial charge in [-0.2, -0.15) is 0 Å². The predicted molar refractivity (Wildman–Crippen MR) is 133 cm³/mol. The molecule has 0 radical (unpaired) electrons. The normalized spacial score (nSPS) is 11.1. The minimum Gasteiger partial charge on any atom is -0.306 e. The number of rotatable bonds is 23. The van der Waals surface area contributed by atoms with Crippen molar-refractivity contribution in [1.82, 2.24) is 4.90 Å². The zero-order valence-electron chi connectivity index (χ0n) is 20.1. The van der Waals surface area contributed by atoms with Crippen LogP contribution in [-0.4, -0.2) is 25.0 Å². The topological polar surface area (TPSA) is 3.24 Å². The Labute approximate surface area is 186 Å². The SMILES string of the molecule is CCCCCCCCCCCCCCCCCCCCCCN(C)CCC.Cl. The molecule has 0 saturated carbocycles. The van der Waals surface area contributed by atoms with E-state index in [2.05, 4.69) is 25.8 Å². The molecular weight excluding hydrogens is 362 g/mol. The van der Waals surface area contributed by atoms with Crippen molar-refractivity contribution < 1.29 is 0 Å². The summed E-state index contributed by atoms with van der Waals surface area (Å²) in [5, 5.41) is 0. The molecule has 1 nitrogen and oxygen atoms in total. The molecule has 0 atom stereocenters. The molecule has 0 aromatic carbocycles. The minimum atomic E-state index is 0. The lowest BCUT2D eigenvalue weighted by Crippen LogP contribution is -2.20. The van der Waals surface area contributed by atoms with E-state index in [0.29, 0.717) is 0 Å². The van der Waals surface area contributed by atoms with Crippen molar-refractivity contribution >= 4 is 12.4 Å². The Balaban J connectivity index is 0. The van der Waals surface area contributed by atoms with E-state index in [-0.39, 0.29) is 12.4 Å². The van der Waals surface area contributed by atoms with E-state index >= 15 is 0 Å². The van der Waals surface area contributed by atoms with Gasteiger partial charge in [0.1, 0.15) is 0 Å². The Morgan fingerprint density at radius 2 is 0.643 bits per heavy atom. The molecule has 0 aromatic heterocycles. The smallest absolute Gasteiger partial charge is 0.00218 e. The molecule has 2 heteroatoms. The van der Waals surface area contributed by atoms with Crippen LogP contribution in [0.1, 0.15) is 149 Å². The van der Waals surface area contributed by atoms with Crippen LogP contribution in [0.5, 0.6) is 0 Å². The molecule has 0 N–H and O–H groups in total. The van der Waals surface area contributed by atoms with Crippen molar-refractivity contribution in [3.05, 3.63) is 0 Å². The molecule has 0 aliphatic carbocycles. The van der Waals surface area contributed by atoms with Gasteiger partial charge in [0.2, 0.25) is 0 Å². The van der Waals surface area contributed by atoms with Gasteiger partial charge in [-0.15, -0.1) is 12.4 Å². The molecule has 28 heavy (non-hydrogen) atoms. The lowest BCUT2D eigenvalue weighted by Gasteiger charge is -2.14. The highest BCUT2D eigenvalue weighted by Crippen LogP contribution is 2.14. The molecule has 0 bridgehead atoms. The lowest BCUT2D eigenvalue weighted by atomic mass is 10.0. The average molecular weight is 418 g/mol. The summed E-state index contributed by atoms with van der Waals surface area (Å²) in [5.74, 6) is 0. The molecule has 0 spiro atoms. The van der Waals surface area contributed by atoms with Gasteiger partial charge >= 0.3 is 0 Å². The second-order valence-electron chi connectivity index (χ2n) is 9.02. The Bertz CT molecular complexity index is 257. The number of halogens is 1. The van der Waals surface area contributed by atoms with E-state index < -0.39 is 0 Å². The van der Waals surface area contributed by atoms with E-state index in [1.807, 2.05) is 0 Å². The summed E-state index contributed by atoms with van der Waals surface area (Å²) >= 11 is 0. The largest absolute Gasteiger partial charge is 0.306 e. The average Bonchev–Trinajstić information content (AvgIpc) is 2.66. The van der Waals surface area contributed by atoms with Crippen LogP contribution in [0.25, 0.3) is 0 Å². The highest BCUT2D eigenvalue weighted by atomic mass is 35.5. The molecule has 0 fully saturated rings. The van der Waals surface area contributed by atoms with Crippen LogP contribution in [0.4, 0.5) is 0 Å². The fourth-order valence-corrected chi connectivity index (χ4v) is 4.13. The second-order valence-corrected chi connectivity index (χ2v) is 9.02. The van der Waals surface area contributed by atoms with Crippen molar-refractivity contribution in [3.8, 4) is 0 Å². The Morgan fingerprint density at radius 1 is 0.357 bits per heavy atom. The Kier molecular flexibility index (Phi) is 29.6. The Hall–Kier alpha value is 0.250. The predicted octanol–water partition coefficient (Wildman–Crippen LogP) is 9.57. The maximum absolute atomic E-state index is 2.48. The standard InChI is InChI=1S/C26H55N.ClH/c1-4-6-7-8-9-10-11-12-13-14-15-16-17-18-19-20-21-22-23-24-26-27(3)25-5-2;/h4-26H2,1-3H3;1H. The fraction of sp³-hybridized carbons (Fsp3) is 1.00. The van der Waals surface area contributed by atoms with Crippen LogP contribution < -0.4 is 0 Å². The van der Waals surface area contributed by atoms with Crippen LogP contribution in [0.2, 0.25) is 0 Å². The molecule has 0 heterocycles. The third-order valence-electron chi connectivity index (χ3n) is 6.00. The highest BCUT2D eigenvalue weighted by Gasteiger charge is 1.97. The molecule has 0 amide bonds. The summed E-state index contributed by atoms with van der Waals surface area (Å²) in [6.07, 6.45) is 30.6. The monoisotopic (exact) mass is 417 g/mol. The number of nitrogens with zero attached hydrogens (tertiary/aromatic N) is 1. The van der Waals surface area contributed by atoms with Gasteiger partial charge in [-0.3, -0.25) is 0 Å². The molecule has 0 aromatic rings. The third kappa shape index (κ3) is 26.2. The number of hydrogen-bond acceptors (Lipinski definition) is 1. The summed E-state index contributed by atoms with van der Waals surface area (Å²) < 4.78 is 0. The molecule has 0 rings (SSSR count). The van der Waals surface area contributed by atoms with E-state index in [9.17, 15) is 0 Å². The highest BCUT2D eigenvalue weighted by molar-refractivity contribution is 5.85. The fourth-order valence-electron chi connectivity index (χ4n) is 4.13. The molecule has 0 unspecified atom stereocenters. The maximum atomic E-state index is 2.48. The molecule has 172 valence electrons. The van der Waals surface area contributed by atoms with Gasteiger partial charge in [0, 0.05) is 0 Å². The van der Waals surface area contributed by atoms with E-state index in [0.717, 1.165) is 0 Å². The summed E-state index contributed by atoms with van der Waals surface area (Å²) in [6, 6.07) is 0. The van der Waals surface area contributed by atoms with Gasteiger partial charge in [0.25, 0.3) is 0 Å². The molecular formula is C26H56ClN. The van der Waals surface area contributed by atoms with E-state index in [1.54, 1.807) is 0 Å². The van der Waals surface area contributed by atoms with Crippen LogP contribution in [-0.2, 0) is 0 Å². The van der Waals surface area contributed by atoms with Crippen molar-refractivity contribution in [2.24, 2.45) is 0 Å². The van der Waals surface area contributed by atoms with Crippen molar-refractivity contribution in [1.29, 1.82) is 0 Å². The first-order valence-electron chi connectivity index (χ1n) is 13.0. The molecule has 0 saturated heterocycles. The summed E-state index contributed by atoms with van der Waals surface area (Å²) in [5.41, 5.74) is 0. The number of hydrogen-bond donors (Lipinski definition) is 0. The molecule has 0 aliphatic heterocycles. The maximum Gasteiger partial charge on any atom is -0.00218 e. The van der Waals surface area contributed by atoms with Gasteiger partial charge in [-0.25, -0.2) is 0 Å². The quantitative estimate of drug-likeness (QED) is 0.149. The molecule has 0 aliphatic rings. The summed E-state index contributed by atoms with van der Waals surface area (Å²) in [6.45, 7) is 7.13. The second kappa shape index (κ2) is 27.2. The van der Waals surface area contributed by atoms with Crippen LogP contribution >= 0.6 is 12.4 Å². The van der Waals surface area contributed by atoms with Crippen LogP contribution in [0, 0.1) is 0 Å². The first kappa shape index (κ1) is 30.4. The van der Waals surface area contributed by atoms with Gasteiger partial charge in [0.15, 0.2) is 0 Å². The first-order chi connectivity index (χ1) is 13.3. The van der Waals surface area contributed by atoms with Gasteiger partial charge < -0.3 is 4.90 Å². The van der Waals surface area contributed by atoms with Gasteiger partial charge in [-0.1, -0.05) is 136 Å². The summed E-state index contributed by atoms with van der Waals surface area (Å²) in [4.78, 5) is 2.48. The lowest BCUT2D eigenvalue weighted by molar-refractivity contribution is 0.324. The van der Waals surface area contributed by atoms with E-state index in [1.165, 1.54) is 148 Å². The van der Waals surface area contributed by atoms with Crippen molar-refractivity contribution in [2.75, 3.05) is 20.1 Å². The number of unbranched alkanes of at least 4 members (excludes halogenated alkanes) is 19. The minimum absolute atomic E-state index is 0. The zero-order chi connectivity index (χ0) is 19.8. The first-order valence-corrected chi connectivity index (χ1v) is 13.0. The van der Waals surface area contributed by atoms with Crippen LogP contribution in [0.15, 0.2) is 0 Å². The van der Waals surface area contributed by atoms with Crippen molar-refractivity contribution in [2.45, 2.75) is 149 Å². The van der Waals surface area contributed by atoms with E-state index in [4.69, 9.17) is 0 Å². The third-order valence-corrected chi connectivity index (χ3v) is 6.00. The Morgan fingerprint density at radius 3 is 0.929 bits per heavy atom.